The number of ketones is 1. The van der Waals surface area contributed by atoms with Crippen LogP contribution in [0.1, 0.15) is 36.5 Å². The summed E-state index contributed by atoms with van der Waals surface area (Å²) in [5.74, 6) is -4.50. The number of fused-ring (bicyclic) bond motifs is 3. The van der Waals surface area contributed by atoms with E-state index in [2.05, 4.69) is 17.0 Å². The summed E-state index contributed by atoms with van der Waals surface area (Å²) in [6.45, 7) is 4.72. The van der Waals surface area contributed by atoms with Crippen molar-refractivity contribution in [3.8, 4) is 16.9 Å². The Bertz CT molecular complexity index is 1600. The molecule has 2 aromatic carbocycles. The molecular formula is C36H47N3O8. The second-order valence-electron chi connectivity index (χ2n) is 13.5. The molecule has 11 heteroatoms. The molecule has 5 atom stereocenters. The number of aliphatic hydroxyl groups excluding tert-OH is 2. The molecule has 0 saturated heterocycles. The van der Waals surface area contributed by atoms with E-state index in [9.17, 15) is 30.0 Å². The van der Waals surface area contributed by atoms with Gasteiger partial charge in [-0.1, -0.05) is 24.3 Å². The smallest absolute Gasteiger partial charge is 0.251 e. The maximum Gasteiger partial charge on any atom is 0.251 e. The van der Waals surface area contributed by atoms with Gasteiger partial charge in [-0.15, -0.1) is 0 Å². The van der Waals surface area contributed by atoms with Gasteiger partial charge < -0.3 is 35.6 Å². The molecule has 11 nitrogen and oxygen atoms in total. The van der Waals surface area contributed by atoms with E-state index >= 15 is 0 Å². The first kappa shape index (κ1) is 34.6. The quantitative estimate of drug-likeness (QED) is 0.216. The zero-order chi connectivity index (χ0) is 34.2. The van der Waals surface area contributed by atoms with Crippen LogP contribution in [-0.2, 0) is 32.0 Å². The summed E-state index contributed by atoms with van der Waals surface area (Å²) in [5, 5.41) is 45.5. The number of nitrogens with zero attached hydrogens (tertiary/aromatic N) is 2. The van der Waals surface area contributed by atoms with Crippen LogP contribution in [0.25, 0.3) is 16.9 Å². The molecule has 47 heavy (non-hydrogen) atoms. The molecule has 0 radical (unpaired) electrons. The molecule has 0 heterocycles. The summed E-state index contributed by atoms with van der Waals surface area (Å²) in [6.07, 6.45) is 1.56. The monoisotopic (exact) mass is 649 g/mol. The molecule has 3 aliphatic carbocycles. The van der Waals surface area contributed by atoms with Gasteiger partial charge in [0.15, 0.2) is 5.78 Å². The van der Waals surface area contributed by atoms with Gasteiger partial charge in [-0.05, 0) is 93.6 Å². The molecule has 2 aromatic rings. The summed E-state index contributed by atoms with van der Waals surface area (Å²) in [7, 11) is 7.18. The number of phenols is 1. The first-order valence-electron chi connectivity index (χ1n) is 16.1. The minimum Gasteiger partial charge on any atom is -0.510 e. The third-order valence-corrected chi connectivity index (χ3v) is 9.98. The van der Waals surface area contributed by atoms with Crippen LogP contribution >= 0.6 is 0 Å². The average Bonchev–Trinajstić information content (AvgIpc) is 2.98. The van der Waals surface area contributed by atoms with Gasteiger partial charge in [-0.25, -0.2) is 0 Å². The van der Waals surface area contributed by atoms with E-state index in [-0.39, 0.29) is 28.4 Å². The van der Waals surface area contributed by atoms with Crippen molar-refractivity contribution >= 4 is 17.4 Å². The Hall–Kier alpha value is -3.74. The van der Waals surface area contributed by atoms with Crippen LogP contribution in [0.5, 0.6) is 5.75 Å². The van der Waals surface area contributed by atoms with Gasteiger partial charge in [0.1, 0.15) is 22.9 Å². The number of benzene rings is 2. The van der Waals surface area contributed by atoms with Gasteiger partial charge in [0.25, 0.3) is 5.91 Å². The lowest BCUT2D eigenvalue weighted by Gasteiger charge is -2.52. The predicted octanol–water partition coefficient (Wildman–Crippen LogP) is 3.18. The Morgan fingerprint density at radius 3 is 2.51 bits per heavy atom. The summed E-state index contributed by atoms with van der Waals surface area (Å²) in [6, 6.07) is 10.7. The molecule has 5 rings (SSSR count). The van der Waals surface area contributed by atoms with E-state index in [1.807, 2.05) is 25.2 Å². The van der Waals surface area contributed by atoms with Gasteiger partial charge in [0, 0.05) is 39.0 Å². The standard InChI is InChI=1S/C36H47N3O8/c1-36(45)29-25(31(38(2)3)34(43)30(36)35(37)44)18-22-17-24-23(10-11-26(40)28(24)32(41)27(22)33(29)42)21-9-6-8-20(16-21)19-39(4)12-15-47-14-7-13-46-5/h6,8-11,16,22,25,29,31,40-41,43,45H,7,12-15,17-19H2,1-5H3,(H2,37,44)/t22?,25?,29?,31-,36+/m0/s1. The first-order valence-corrected chi connectivity index (χ1v) is 16.1. The number of aliphatic hydroxyl groups is 3. The van der Waals surface area contributed by atoms with Crippen LogP contribution in [-0.4, -0.2) is 108 Å². The predicted molar refractivity (Wildman–Crippen MR) is 177 cm³/mol. The lowest BCUT2D eigenvalue weighted by Crippen LogP contribution is -2.61. The van der Waals surface area contributed by atoms with Gasteiger partial charge in [-0.2, -0.15) is 0 Å². The van der Waals surface area contributed by atoms with Crippen molar-refractivity contribution in [2.24, 2.45) is 23.5 Å². The fraction of sp³-hybridized carbons (Fsp3) is 0.500. The molecule has 0 spiro atoms. The number of rotatable bonds is 12. The van der Waals surface area contributed by atoms with Crippen LogP contribution in [0.3, 0.4) is 0 Å². The Balaban J connectivity index is 1.47. The van der Waals surface area contributed by atoms with E-state index < -0.39 is 46.7 Å². The average molecular weight is 650 g/mol. The second-order valence-corrected chi connectivity index (χ2v) is 13.5. The molecule has 1 fully saturated rings. The molecule has 0 aliphatic heterocycles. The molecule has 3 unspecified atom stereocenters. The fourth-order valence-corrected chi connectivity index (χ4v) is 8.01. The fourth-order valence-electron chi connectivity index (χ4n) is 8.01. The minimum atomic E-state index is -2.06. The number of carbonyl (C=O) groups excluding carboxylic acids is 2. The maximum absolute atomic E-state index is 14.3. The number of amides is 1. The maximum atomic E-state index is 14.3. The lowest BCUT2D eigenvalue weighted by molar-refractivity contribution is -0.139. The molecule has 6 N–H and O–H groups in total. The molecule has 1 amide bonds. The number of carbonyl (C=O) groups is 2. The third kappa shape index (κ3) is 6.42. The summed E-state index contributed by atoms with van der Waals surface area (Å²) >= 11 is 0. The van der Waals surface area contributed by atoms with Crippen molar-refractivity contribution in [2.45, 2.75) is 44.4 Å². The Kier molecular flexibility index (Phi) is 10.1. The zero-order valence-electron chi connectivity index (χ0n) is 27.8. The number of hydrogen-bond donors (Lipinski definition) is 5. The number of methoxy groups -OCH3 is 1. The molecule has 3 aliphatic rings. The van der Waals surface area contributed by atoms with Gasteiger partial charge in [-0.3, -0.25) is 19.4 Å². The van der Waals surface area contributed by atoms with Crippen LogP contribution in [0.4, 0.5) is 0 Å². The van der Waals surface area contributed by atoms with Crippen molar-refractivity contribution in [1.29, 1.82) is 0 Å². The zero-order valence-corrected chi connectivity index (χ0v) is 27.8. The van der Waals surface area contributed by atoms with Crippen molar-refractivity contribution in [3.63, 3.8) is 0 Å². The van der Waals surface area contributed by atoms with Crippen LogP contribution in [0.15, 0.2) is 53.3 Å². The number of likely N-dealkylation sites (N-methyl/N-ethyl adjacent to an activating group) is 2. The van der Waals surface area contributed by atoms with E-state index in [1.54, 1.807) is 26.1 Å². The van der Waals surface area contributed by atoms with Crippen molar-refractivity contribution in [3.05, 3.63) is 70.0 Å². The number of ether oxygens (including phenoxy) is 2. The molecule has 254 valence electrons. The molecule has 0 bridgehead atoms. The number of primary amides is 1. The topological polar surface area (TPSA) is 166 Å². The van der Waals surface area contributed by atoms with E-state index in [1.165, 1.54) is 13.0 Å². The highest BCUT2D eigenvalue weighted by molar-refractivity contribution is 6.08. The Morgan fingerprint density at radius 2 is 1.83 bits per heavy atom. The largest absolute Gasteiger partial charge is 0.510 e. The number of Topliss-reactive ketones (excluding diaryl/α,β-unsaturated/α-hetero) is 1. The summed E-state index contributed by atoms with van der Waals surface area (Å²) in [4.78, 5) is 30.6. The van der Waals surface area contributed by atoms with Crippen molar-refractivity contribution < 1.29 is 39.5 Å². The number of aromatic hydroxyl groups is 1. The SMILES string of the molecule is COCCCOCCN(C)Cc1cccc(-c2ccc(O)c3c2CC2CC4C(C(=O)C2=C3O)[C@@](C)(O)C(C(N)=O)=C(O)[C@H]4N(C)C)c1. The Labute approximate surface area is 275 Å². The van der Waals surface area contributed by atoms with E-state index in [0.29, 0.717) is 39.2 Å². The molecule has 0 aromatic heterocycles. The lowest BCUT2D eigenvalue weighted by atomic mass is 9.55. The molecule has 1 saturated carbocycles. The summed E-state index contributed by atoms with van der Waals surface area (Å²) in [5.41, 5.74) is 7.02. The molecular weight excluding hydrogens is 602 g/mol. The first-order chi connectivity index (χ1) is 22.3. The van der Waals surface area contributed by atoms with Crippen molar-refractivity contribution in [1.82, 2.24) is 9.80 Å². The number of hydrogen-bond acceptors (Lipinski definition) is 10. The van der Waals surface area contributed by atoms with Gasteiger partial charge >= 0.3 is 0 Å². The van der Waals surface area contributed by atoms with E-state index in [0.717, 1.165) is 35.2 Å². The summed E-state index contributed by atoms with van der Waals surface area (Å²) < 4.78 is 10.8. The number of phenolic OH excluding ortho intramolecular Hbond substituents is 1. The number of nitrogens with two attached hydrogens (primary N) is 1. The highest BCUT2D eigenvalue weighted by Gasteiger charge is 2.60. The van der Waals surface area contributed by atoms with Crippen LogP contribution in [0.2, 0.25) is 0 Å². The van der Waals surface area contributed by atoms with E-state index in [4.69, 9.17) is 15.2 Å². The number of allylic oxidation sites excluding steroid dienone is 1. The van der Waals surface area contributed by atoms with Crippen molar-refractivity contribution in [2.75, 3.05) is 54.6 Å². The van der Waals surface area contributed by atoms with Gasteiger partial charge in [0.05, 0.1) is 29.7 Å². The second kappa shape index (κ2) is 13.8. The normalized spacial score (nSPS) is 25.7. The highest BCUT2D eigenvalue weighted by Crippen LogP contribution is 2.54. The minimum absolute atomic E-state index is 0.119. The highest BCUT2D eigenvalue weighted by atomic mass is 16.5. The third-order valence-electron chi connectivity index (χ3n) is 9.98. The van der Waals surface area contributed by atoms with Crippen LogP contribution < -0.4 is 5.73 Å². The Morgan fingerprint density at radius 1 is 1.09 bits per heavy atom. The van der Waals surface area contributed by atoms with Crippen LogP contribution in [0, 0.1) is 17.8 Å². The van der Waals surface area contributed by atoms with Gasteiger partial charge in [0.2, 0.25) is 0 Å².